The normalized spacial score (nSPS) is 23.5. The van der Waals surface area contributed by atoms with Gasteiger partial charge in [0.25, 0.3) is 0 Å². The summed E-state index contributed by atoms with van der Waals surface area (Å²) in [6.07, 6.45) is -3.97. The fourth-order valence-electron chi connectivity index (χ4n) is 1.23. The van der Waals surface area contributed by atoms with Crippen LogP contribution in [0.1, 0.15) is 0 Å². The largest absolute Gasteiger partial charge is 0.508 e. The van der Waals surface area contributed by atoms with Crippen LogP contribution in [0.5, 0.6) is 0 Å². The first-order valence-corrected chi connectivity index (χ1v) is 6.02. The number of carbonyl (C=O) groups is 1. The number of hydrogen-bond acceptors (Lipinski definition) is 6. The standard InChI is InChI=1S/C7H11O8P/c8-1-4(9)6-5(10)3(7(11)15-6)2-16(12,13)14/h4,6,8-10H,1-2H2,(H2,12,13,14)/t4-,6+/m0/s1. The van der Waals surface area contributed by atoms with Gasteiger partial charge in [0.15, 0.2) is 6.10 Å². The van der Waals surface area contributed by atoms with Gasteiger partial charge in [0.1, 0.15) is 11.9 Å². The topological polar surface area (TPSA) is 145 Å². The van der Waals surface area contributed by atoms with Crippen molar-refractivity contribution in [2.24, 2.45) is 0 Å². The van der Waals surface area contributed by atoms with Crippen molar-refractivity contribution in [3.05, 3.63) is 11.3 Å². The maximum absolute atomic E-state index is 11.1. The van der Waals surface area contributed by atoms with E-state index in [9.17, 15) is 14.5 Å². The average molecular weight is 254 g/mol. The molecule has 0 spiro atoms. The third-order valence-electron chi connectivity index (χ3n) is 1.96. The van der Waals surface area contributed by atoms with E-state index in [0.717, 1.165) is 0 Å². The van der Waals surface area contributed by atoms with Gasteiger partial charge in [0, 0.05) is 0 Å². The summed E-state index contributed by atoms with van der Waals surface area (Å²) in [7, 11) is -4.52. The molecule has 8 nitrogen and oxygen atoms in total. The van der Waals surface area contributed by atoms with Crippen molar-refractivity contribution in [3.63, 3.8) is 0 Å². The van der Waals surface area contributed by atoms with Gasteiger partial charge in [-0.1, -0.05) is 0 Å². The summed E-state index contributed by atoms with van der Waals surface area (Å²) in [5, 5.41) is 27.1. The van der Waals surface area contributed by atoms with Gasteiger partial charge in [-0.15, -0.1) is 0 Å². The van der Waals surface area contributed by atoms with Crippen LogP contribution in [0.4, 0.5) is 0 Å². The van der Waals surface area contributed by atoms with Gasteiger partial charge in [-0.05, 0) is 0 Å². The number of ether oxygens (including phenoxy) is 1. The van der Waals surface area contributed by atoms with E-state index < -0.39 is 49.9 Å². The molecule has 0 aliphatic carbocycles. The van der Waals surface area contributed by atoms with Crippen molar-refractivity contribution in [3.8, 4) is 0 Å². The summed E-state index contributed by atoms with van der Waals surface area (Å²) in [5.74, 6) is -1.87. The van der Waals surface area contributed by atoms with Crippen molar-refractivity contribution in [2.45, 2.75) is 12.2 Å². The molecule has 5 N–H and O–H groups in total. The lowest BCUT2D eigenvalue weighted by molar-refractivity contribution is -0.145. The molecule has 0 aromatic carbocycles. The number of aliphatic hydroxyl groups excluding tert-OH is 3. The van der Waals surface area contributed by atoms with Gasteiger partial charge in [0.2, 0.25) is 0 Å². The predicted molar refractivity (Wildman–Crippen MR) is 49.5 cm³/mol. The molecule has 2 atom stereocenters. The second-order valence-electron chi connectivity index (χ2n) is 3.26. The molecule has 9 heteroatoms. The highest BCUT2D eigenvalue weighted by molar-refractivity contribution is 7.52. The summed E-state index contributed by atoms with van der Waals surface area (Å²) < 4.78 is 15.1. The summed E-state index contributed by atoms with van der Waals surface area (Å²) >= 11 is 0. The van der Waals surface area contributed by atoms with Crippen molar-refractivity contribution >= 4 is 13.6 Å². The maximum atomic E-state index is 11.1. The van der Waals surface area contributed by atoms with E-state index >= 15 is 0 Å². The summed E-state index contributed by atoms with van der Waals surface area (Å²) in [6.45, 7) is -0.759. The molecule has 0 radical (unpaired) electrons. The Labute approximate surface area is 89.9 Å². The molecular formula is C7H11O8P. The highest BCUT2D eigenvalue weighted by Crippen LogP contribution is 2.40. The van der Waals surface area contributed by atoms with Crippen LogP contribution in [0.2, 0.25) is 0 Å². The zero-order valence-corrected chi connectivity index (χ0v) is 8.87. The molecule has 0 aromatic rings. The van der Waals surface area contributed by atoms with E-state index in [-0.39, 0.29) is 0 Å². The smallest absolute Gasteiger partial charge is 0.339 e. The Balaban J connectivity index is 2.94. The van der Waals surface area contributed by atoms with Crippen LogP contribution in [0.15, 0.2) is 11.3 Å². The minimum absolute atomic E-state index is 0.578. The third-order valence-corrected chi connectivity index (χ3v) is 2.69. The first-order chi connectivity index (χ1) is 7.26. The van der Waals surface area contributed by atoms with E-state index in [1.54, 1.807) is 0 Å². The molecular weight excluding hydrogens is 243 g/mol. The number of carbonyl (C=O) groups excluding carboxylic acids is 1. The Morgan fingerprint density at radius 3 is 2.44 bits per heavy atom. The Bertz CT molecular complexity index is 369. The summed E-state index contributed by atoms with van der Waals surface area (Å²) in [5.41, 5.74) is -0.578. The molecule has 0 saturated heterocycles. The van der Waals surface area contributed by atoms with Gasteiger partial charge >= 0.3 is 13.6 Å². The monoisotopic (exact) mass is 254 g/mol. The maximum Gasteiger partial charge on any atom is 0.339 e. The van der Waals surface area contributed by atoms with Gasteiger partial charge < -0.3 is 29.8 Å². The first-order valence-electron chi connectivity index (χ1n) is 4.22. The van der Waals surface area contributed by atoms with E-state index in [4.69, 9.17) is 20.0 Å². The van der Waals surface area contributed by atoms with Crippen LogP contribution in [-0.2, 0) is 14.1 Å². The molecule has 92 valence electrons. The van der Waals surface area contributed by atoms with Crippen LogP contribution < -0.4 is 0 Å². The average Bonchev–Trinajstić information content (AvgIpc) is 2.42. The zero-order chi connectivity index (χ0) is 12.5. The summed E-state index contributed by atoms with van der Waals surface area (Å²) in [4.78, 5) is 28.4. The number of hydrogen-bond donors (Lipinski definition) is 5. The van der Waals surface area contributed by atoms with Crippen molar-refractivity contribution < 1.29 is 39.2 Å². The fourth-order valence-corrected chi connectivity index (χ4v) is 1.93. The zero-order valence-electron chi connectivity index (χ0n) is 7.98. The van der Waals surface area contributed by atoms with E-state index in [1.807, 2.05) is 0 Å². The van der Waals surface area contributed by atoms with E-state index in [0.29, 0.717) is 0 Å². The lowest BCUT2D eigenvalue weighted by Crippen LogP contribution is -2.31. The lowest BCUT2D eigenvalue weighted by atomic mass is 10.1. The molecule has 0 saturated carbocycles. The fraction of sp³-hybridized carbons (Fsp3) is 0.571. The van der Waals surface area contributed by atoms with Crippen molar-refractivity contribution in [1.82, 2.24) is 0 Å². The molecule has 0 unspecified atom stereocenters. The molecule has 0 amide bonds. The SMILES string of the molecule is O=C1O[C@H]([C@@H](O)CO)C(O)=C1CP(=O)(O)O. The second kappa shape index (κ2) is 4.52. The summed E-state index contributed by atoms with van der Waals surface area (Å²) in [6, 6.07) is 0. The Morgan fingerprint density at radius 1 is 1.44 bits per heavy atom. The van der Waals surface area contributed by atoms with Crippen LogP contribution in [0, 0.1) is 0 Å². The predicted octanol–water partition coefficient (Wildman–Crippen LogP) is -1.75. The number of cyclic esters (lactones) is 1. The number of esters is 1. The second-order valence-corrected chi connectivity index (χ2v) is 4.91. The Morgan fingerprint density at radius 2 is 2.00 bits per heavy atom. The van der Waals surface area contributed by atoms with Gasteiger partial charge in [-0.2, -0.15) is 0 Å². The van der Waals surface area contributed by atoms with Gasteiger partial charge in [-0.3, -0.25) is 4.57 Å². The molecule has 0 fully saturated rings. The van der Waals surface area contributed by atoms with Crippen molar-refractivity contribution in [1.29, 1.82) is 0 Å². The highest BCUT2D eigenvalue weighted by atomic mass is 31.2. The van der Waals surface area contributed by atoms with Gasteiger partial charge in [-0.25, -0.2) is 4.79 Å². The lowest BCUT2D eigenvalue weighted by Gasteiger charge is -2.14. The molecule has 0 bridgehead atoms. The van der Waals surface area contributed by atoms with Gasteiger partial charge in [0.05, 0.1) is 18.3 Å². The van der Waals surface area contributed by atoms with E-state index in [1.165, 1.54) is 0 Å². The van der Waals surface area contributed by atoms with Crippen LogP contribution in [0.3, 0.4) is 0 Å². The molecule has 16 heavy (non-hydrogen) atoms. The Hall–Kier alpha value is -0.920. The number of aliphatic hydroxyl groups is 3. The molecule has 1 aliphatic rings. The highest BCUT2D eigenvalue weighted by Gasteiger charge is 2.40. The molecule has 1 heterocycles. The van der Waals surface area contributed by atoms with Crippen molar-refractivity contribution in [2.75, 3.05) is 12.8 Å². The molecule has 1 rings (SSSR count). The van der Waals surface area contributed by atoms with E-state index in [2.05, 4.69) is 4.74 Å². The van der Waals surface area contributed by atoms with Crippen LogP contribution in [0.25, 0.3) is 0 Å². The number of rotatable bonds is 4. The minimum atomic E-state index is -4.52. The quantitative estimate of drug-likeness (QED) is 0.293. The van der Waals surface area contributed by atoms with Crippen LogP contribution >= 0.6 is 7.60 Å². The molecule has 1 aliphatic heterocycles. The first kappa shape index (κ1) is 13.1. The Kier molecular flexibility index (Phi) is 3.72. The molecule has 0 aromatic heterocycles. The minimum Gasteiger partial charge on any atom is -0.508 e. The van der Waals surface area contributed by atoms with Crippen LogP contribution in [-0.4, -0.2) is 56.1 Å². The third kappa shape index (κ3) is 2.81.